The molecule has 110 valence electrons. The Labute approximate surface area is 121 Å². The number of nitrogens with zero attached hydrogens (tertiary/aromatic N) is 1. The fraction of sp³-hybridized carbons (Fsp3) is 0.615. The second kappa shape index (κ2) is 6.21. The number of aliphatic carboxylic acids is 1. The molecule has 20 heavy (non-hydrogen) atoms. The van der Waals surface area contributed by atoms with Crippen LogP contribution in [0, 0.1) is 5.92 Å². The van der Waals surface area contributed by atoms with Crippen LogP contribution in [0.4, 0.5) is 9.93 Å². The molecule has 1 heterocycles. The van der Waals surface area contributed by atoms with Crippen molar-refractivity contribution in [3.05, 3.63) is 10.6 Å². The van der Waals surface area contributed by atoms with E-state index in [4.69, 9.17) is 5.11 Å². The first kappa shape index (κ1) is 14.8. The number of carbonyl (C=O) groups is 2. The van der Waals surface area contributed by atoms with E-state index in [0.717, 1.165) is 25.0 Å². The van der Waals surface area contributed by atoms with Crippen LogP contribution in [-0.2, 0) is 17.6 Å². The summed E-state index contributed by atoms with van der Waals surface area (Å²) in [6.45, 7) is 3.84. The smallest absolute Gasteiger partial charge is 0.326 e. The zero-order chi connectivity index (χ0) is 14.7. The first-order valence-electron chi connectivity index (χ1n) is 6.74. The minimum atomic E-state index is -1.02. The molecule has 1 aromatic heterocycles. The summed E-state index contributed by atoms with van der Waals surface area (Å²) in [7, 11) is 0. The van der Waals surface area contributed by atoms with Crippen molar-refractivity contribution in [3.63, 3.8) is 0 Å². The third-order valence-electron chi connectivity index (χ3n) is 3.13. The van der Waals surface area contributed by atoms with Gasteiger partial charge in [-0.15, -0.1) is 11.3 Å². The number of urea groups is 1. The Morgan fingerprint density at radius 3 is 2.75 bits per heavy atom. The molecule has 0 radical (unpaired) electrons. The summed E-state index contributed by atoms with van der Waals surface area (Å²) in [5, 5.41) is 14.7. The second-order valence-corrected chi connectivity index (χ2v) is 6.44. The Bertz CT molecular complexity index is 491. The number of rotatable bonds is 5. The molecule has 0 fully saturated rings. The second-order valence-electron chi connectivity index (χ2n) is 5.36. The van der Waals surface area contributed by atoms with Crippen LogP contribution in [0.5, 0.6) is 0 Å². The number of aryl methyl sites for hydroxylation is 2. The molecule has 1 atom stereocenters. The predicted molar refractivity (Wildman–Crippen MR) is 77.2 cm³/mol. The van der Waals surface area contributed by atoms with Crippen LogP contribution in [0.3, 0.4) is 0 Å². The third-order valence-corrected chi connectivity index (χ3v) is 4.20. The molecule has 0 aromatic carbocycles. The number of hydrogen-bond acceptors (Lipinski definition) is 4. The van der Waals surface area contributed by atoms with Crippen LogP contribution in [-0.4, -0.2) is 28.1 Å². The van der Waals surface area contributed by atoms with Crippen molar-refractivity contribution in [2.24, 2.45) is 5.92 Å². The van der Waals surface area contributed by atoms with Gasteiger partial charge in [-0.2, -0.15) is 0 Å². The van der Waals surface area contributed by atoms with E-state index in [1.807, 2.05) is 13.8 Å². The highest BCUT2D eigenvalue weighted by Crippen LogP contribution is 2.30. The minimum absolute atomic E-state index is 0.195. The van der Waals surface area contributed by atoms with Crippen molar-refractivity contribution < 1.29 is 14.7 Å². The van der Waals surface area contributed by atoms with Crippen molar-refractivity contribution >= 4 is 28.5 Å². The summed E-state index contributed by atoms with van der Waals surface area (Å²) in [6.07, 6.45) is 3.49. The van der Waals surface area contributed by atoms with Crippen LogP contribution in [0.25, 0.3) is 0 Å². The van der Waals surface area contributed by atoms with Crippen molar-refractivity contribution in [2.75, 3.05) is 5.32 Å². The van der Waals surface area contributed by atoms with E-state index >= 15 is 0 Å². The Hall–Kier alpha value is -1.63. The highest BCUT2D eigenvalue weighted by molar-refractivity contribution is 7.15. The number of aromatic nitrogens is 1. The largest absolute Gasteiger partial charge is 0.480 e. The van der Waals surface area contributed by atoms with E-state index in [9.17, 15) is 9.59 Å². The lowest BCUT2D eigenvalue weighted by Crippen LogP contribution is -2.43. The zero-order valence-electron chi connectivity index (χ0n) is 11.6. The Morgan fingerprint density at radius 2 is 2.15 bits per heavy atom. The molecule has 0 saturated carbocycles. The van der Waals surface area contributed by atoms with Crippen LogP contribution in [0.15, 0.2) is 0 Å². The maximum Gasteiger partial charge on any atom is 0.326 e. The SMILES string of the molecule is CC(C)CC(NC(=O)Nc1nc2c(s1)CCC2)C(=O)O. The number of carboxylic acid groups (broad SMARTS) is 1. The first-order valence-corrected chi connectivity index (χ1v) is 7.56. The molecule has 1 unspecified atom stereocenters. The normalized spacial score (nSPS) is 14.9. The third kappa shape index (κ3) is 3.69. The summed E-state index contributed by atoms with van der Waals surface area (Å²) in [5.41, 5.74) is 1.06. The Balaban J connectivity index is 1.91. The summed E-state index contributed by atoms with van der Waals surface area (Å²) >= 11 is 1.47. The highest BCUT2D eigenvalue weighted by Gasteiger charge is 2.22. The molecule has 0 saturated heterocycles. The molecule has 1 aromatic rings. The molecule has 0 aliphatic heterocycles. The number of carbonyl (C=O) groups excluding carboxylic acids is 1. The first-order chi connectivity index (χ1) is 9.45. The van der Waals surface area contributed by atoms with Gasteiger partial charge in [-0.05, 0) is 31.6 Å². The molecule has 0 bridgehead atoms. The summed E-state index contributed by atoms with van der Waals surface area (Å²) in [6, 6.07) is -1.38. The highest BCUT2D eigenvalue weighted by atomic mass is 32.1. The molecular formula is C13H19N3O3S. The van der Waals surface area contributed by atoms with Gasteiger partial charge in [0.25, 0.3) is 0 Å². The van der Waals surface area contributed by atoms with Crippen LogP contribution < -0.4 is 10.6 Å². The maximum atomic E-state index is 11.8. The van der Waals surface area contributed by atoms with E-state index < -0.39 is 18.0 Å². The van der Waals surface area contributed by atoms with Gasteiger partial charge in [-0.25, -0.2) is 14.6 Å². The topological polar surface area (TPSA) is 91.3 Å². The van der Waals surface area contributed by atoms with Crippen molar-refractivity contribution in [3.8, 4) is 0 Å². The number of carboxylic acids is 1. The number of fused-ring (bicyclic) bond motifs is 1. The molecule has 6 nitrogen and oxygen atoms in total. The zero-order valence-corrected chi connectivity index (χ0v) is 12.4. The van der Waals surface area contributed by atoms with Gasteiger partial charge >= 0.3 is 12.0 Å². The molecule has 2 amide bonds. The van der Waals surface area contributed by atoms with Gasteiger partial charge in [0, 0.05) is 4.88 Å². The number of anilines is 1. The van der Waals surface area contributed by atoms with Crippen LogP contribution in [0.2, 0.25) is 0 Å². The molecule has 2 rings (SSSR count). The van der Waals surface area contributed by atoms with E-state index in [0.29, 0.717) is 11.6 Å². The Morgan fingerprint density at radius 1 is 1.40 bits per heavy atom. The minimum Gasteiger partial charge on any atom is -0.480 e. The lowest BCUT2D eigenvalue weighted by atomic mass is 10.0. The van der Waals surface area contributed by atoms with E-state index in [-0.39, 0.29) is 5.92 Å². The lowest BCUT2D eigenvalue weighted by Gasteiger charge is -2.16. The molecule has 0 spiro atoms. The number of nitrogens with one attached hydrogen (secondary N) is 2. The lowest BCUT2D eigenvalue weighted by molar-refractivity contribution is -0.139. The van der Waals surface area contributed by atoms with Crippen LogP contribution >= 0.6 is 11.3 Å². The maximum absolute atomic E-state index is 11.8. The quantitative estimate of drug-likeness (QED) is 0.777. The monoisotopic (exact) mass is 297 g/mol. The number of hydrogen-bond donors (Lipinski definition) is 3. The number of thiazole rings is 1. The summed E-state index contributed by atoms with van der Waals surface area (Å²) in [5.74, 6) is -0.824. The van der Waals surface area contributed by atoms with Gasteiger partial charge < -0.3 is 10.4 Å². The molecule has 1 aliphatic carbocycles. The number of amides is 2. The molecule has 3 N–H and O–H groups in total. The average Bonchev–Trinajstić information content (AvgIpc) is 2.87. The van der Waals surface area contributed by atoms with Gasteiger partial charge in [0.2, 0.25) is 0 Å². The fourth-order valence-electron chi connectivity index (χ4n) is 2.23. The Kier molecular flexibility index (Phi) is 4.59. The average molecular weight is 297 g/mol. The molecule has 7 heteroatoms. The predicted octanol–water partition coefficient (Wildman–Crippen LogP) is 2.25. The fourth-order valence-corrected chi connectivity index (χ4v) is 3.27. The van der Waals surface area contributed by atoms with E-state index in [1.54, 1.807) is 0 Å². The molecule has 1 aliphatic rings. The van der Waals surface area contributed by atoms with E-state index in [2.05, 4.69) is 15.6 Å². The van der Waals surface area contributed by atoms with Crippen LogP contribution in [0.1, 0.15) is 37.3 Å². The molecular weight excluding hydrogens is 278 g/mol. The summed E-state index contributed by atoms with van der Waals surface area (Å²) < 4.78 is 0. The standard InChI is InChI=1S/C13H19N3O3S/c1-7(2)6-9(11(17)18)14-12(19)16-13-15-8-4-3-5-10(8)20-13/h7,9H,3-6H2,1-2H3,(H,17,18)(H2,14,15,16,19). The van der Waals surface area contributed by atoms with Gasteiger partial charge in [-0.1, -0.05) is 13.8 Å². The van der Waals surface area contributed by atoms with Gasteiger partial charge in [0.1, 0.15) is 6.04 Å². The van der Waals surface area contributed by atoms with Gasteiger partial charge in [0.15, 0.2) is 5.13 Å². The van der Waals surface area contributed by atoms with Gasteiger partial charge in [0.05, 0.1) is 5.69 Å². The van der Waals surface area contributed by atoms with E-state index in [1.165, 1.54) is 16.2 Å². The van der Waals surface area contributed by atoms with Crippen molar-refractivity contribution in [2.45, 2.75) is 45.6 Å². The van der Waals surface area contributed by atoms with Crippen molar-refractivity contribution in [1.82, 2.24) is 10.3 Å². The van der Waals surface area contributed by atoms with Crippen molar-refractivity contribution in [1.29, 1.82) is 0 Å². The summed E-state index contributed by atoms with van der Waals surface area (Å²) in [4.78, 5) is 28.5. The van der Waals surface area contributed by atoms with Gasteiger partial charge in [-0.3, -0.25) is 5.32 Å².